The van der Waals surface area contributed by atoms with Crippen LogP contribution in [0.4, 0.5) is 0 Å². The van der Waals surface area contributed by atoms with Gasteiger partial charge in [-0.25, -0.2) is 9.59 Å². The van der Waals surface area contributed by atoms with Crippen molar-refractivity contribution >= 4 is 17.9 Å². The first kappa shape index (κ1) is 13.1. The van der Waals surface area contributed by atoms with Crippen molar-refractivity contribution in [3.63, 3.8) is 0 Å². The Labute approximate surface area is 116 Å². The fourth-order valence-electron chi connectivity index (χ4n) is 3.50. The summed E-state index contributed by atoms with van der Waals surface area (Å²) in [6, 6.07) is 0. The zero-order valence-corrected chi connectivity index (χ0v) is 11.2. The molecule has 0 N–H and O–H groups in total. The van der Waals surface area contributed by atoms with Crippen molar-refractivity contribution in [3.8, 4) is 0 Å². The second-order valence-electron chi connectivity index (χ2n) is 5.71. The van der Waals surface area contributed by atoms with Gasteiger partial charge in [-0.2, -0.15) is 0 Å². The molecule has 6 nitrogen and oxygen atoms in total. The fourth-order valence-corrected chi connectivity index (χ4v) is 3.50. The summed E-state index contributed by atoms with van der Waals surface area (Å²) in [5.74, 6) is -1.06. The smallest absolute Gasteiger partial charge is 0.344 e. The lowest BCUT2D eigenvalue weighted by molar-refractivity contribution is -0.168. The predicted octanol–water partition coefficient (Wildman–Crippen LogP) is 0.599. The first-order chi connectivity index (χ1) is 9.47. The van der Waals surface area contributed by atoms with E-state index in [1.807, 2.05) is 0 Å². The minimum atomic E-state index is -0.623. The molecule has 2 aliphatic carbocycles. The molecule has 0 aromatic heterocycles. The van der Waals surface area contributed by atoms with Crippen LogP contribution in [-0.2, 0) is 28.6 Å². The molecule has 20 heavy (non-hydrogen) atoms. The number of esters is 3. The molecule has 2 bridgehead atoms. The van der Waals surface area contributed by atoms with Crippen molar-refractivity contribution in [1.82, 2.24) is 0 Å². The highest BCUT2D eigenvalue weighted by Gasteiger charge is 2.63. The van der Waals surface area contributed by atoms with Crippen LogP contribution >= 0.6 is 0 Å². The number of hydrogen-bond acceptors (Lipinski definition) is 6. The summed E-state index contributed by atoms with van der Waals surface area (Å²) < 4.78 is 15.3. The Bertz CT molecular complexity index is 496. The Kier molecular flexibility index (Phi) is 3.03. The third kappa shape index (κ3) is 1.99. The molecule has 0 aromatic carbocycles. The largest absolute Gasteiger partial charge is 0.458 e. The third-order valence-corrected chi connectivity index (χ3v) is 4.35. The average Bonchev–Trinajstić information content (AvgIpc) is 3.00. The van der Waals surface area contributed by atoms with E-state index in [1.165, 1.54) is 6.92 Å². The lowest BCUT2D eigenvalue weighted by Gasteiger charge is -2.25. The second kappa shape index (κ2) is 4.61. The third-order valence-electron chi connectivity index (χ3n) is 4.35. The maximum atomic E-state index is 11.7. The van der Waals surface area contributed by atoms with Gasteiger partial charge in [-0.15, -0.1) is 0 Å². The van der Waals surface area contributed by atoms with E-state index in [1.54, 1.807) is 0 Å². The van der Waals surface area contributed by atoms with Crippen LogP contribution in [0.2, 0.25) is 0 Å². The highest BCUT2D eigenvalue weighted by atomic mass is 16.6. The molecule has 0 aromatic rings. The number of rotatable bonds is 4. The molecule has 3 fully saturated rings. The van der Waals surface area contributed by atoms with E-state index in [4.69, 9.17) is 14.2 Å². The van der Waals surface area contributed by atoms with E-state index < -0.39 is 24.6 Å². The Morgan fingerprint density at radius 1 is 1.40 bits per heavy atom. The average molecular weight is 280 g/mol. The molecule has 6 heteroatoms. The monoisotopic (exact) mass is 280 g/mol. The number of ether oxygens (including phenoxy) is 3. The topological polar surface area (TPSA) is 78.9 Å². The van der Waals surface area contributed by atoms with E-state index in [-0.39, 0.29) is 35.4 Å². The molecule has 5 atom stereocenters. The van der Waals surface area contributed by atoms with Gasteiger partial charge in [0.15, 0.2) is 6.61 Å². The van der Waals surface area contributed by atoms with Crippen molar-refractivity contribution in [2.45, 2.75) is 32.0 Å². The molecule has 5 unspecified atom stereocenters. The fraction of sp³-hybridized carbons (Fsp3) is 0.643. The molecular formula is C14H16O6. The Morgan fingerprint density at radius 3 is 2.85 bits per heavy atom. The van der Waals surface area contributed by atoms with Gasteiger partial charge in [-0.1, -0.05) is 6.58 Å². The van der Waals surface area contributed by atoms with Crippen molar-refractivity contribution in [2.75, 3.05) is 6.61 Å². The zero-order valence-electron chi connectivity index (χ0n) is 11.2. The highest BCUT2D eigenvalue weighted by molar-refractivity contribution is 5.88. The Hall–Kier alpha value is -1.85. The maximum Gasteiger partial charge on any atom is 0.344 e. The van der Waals surface area contributed by atoms with E-state index in [2.05, 4.69) is 6.58 Å². The Morgan fingerprint density at radius 2 is 2.15 bits per heavy atom. The molecule has 3 aliphatic rings. The van der Waals surface area contributed by atoms with Crippen LogP contribution in [0.3, 0.4) is 0 Å². The predicted molar refractivity (Wildman–Crippen MR) is 65.2 cm³/mol. The number of carbonyl (C=O) groups is 3. The standard InChI is InChI=1S/C14H16O6/c1-6(2)13(16)18-5-10(15)19-11-7-3-8-9(4-7)14(17)20-12(8)11/h7-9,11-12H,1,3-5H2,2H3. The van der Waals surface area contributed by atoms with Crippen molar-refractivity contribution in [2.24, 2.45) is 17.8 Å². The van der Waals surface area contributed by atoms with E-state index >= 15 is 0 Å². The Balaban J connectivity index is 1.54. The summed E-state index contributed by atoms with van der Waals surface area (Å²) in [7, 11) is 0. The summed E-state index contributed by atoms with van der Waals surface area (Å²) >= 11 is 0. The lowest BCUT2D eigenvalue weighted by Crippen LogP contribution is -2.37. The lowest BCUT2D eigenvalue weighted by atomic mass is 9.88. The van der Waals surface area contributed by atoms with Crippen LogP contribution in [0.1, 0.15) is 19.8 Å². The molecule has 1 saturated heterocycles. The maximum absolute atomic E-state index is 11.7. The normalized spacial score (nSPS) is 36.6. The number of carbonyl (C=O) groups excluding carboxylic acids is 3. The molecule has 1 aliphatic heterocycles. The summed E-state index contributed by atoms with van der Waals surface area (Å²) in [6.45, 7) is 4.48. The minimum Gasteiger partial charge on any atom is -0.458 e. The summed E-state index contributed by atoms with van der Waals surface area (Å²) in [5.41, 5.74) is 0.227. The molecule has 3 rings (SSSR count). The van der Waals surface area contributed by atoms with Gasteiger partial charge in [-0.05, 0) is 19.8 Å². The van der Waals surface area contributed by atoms with E-state index in [0.717, 1.165) is 12.8 Å². The number of hydrogen-bond donors (Lipinski definition) is 0. The molecule has 0 radical (unpaired) electrons. The van der Waals surface area contributed by atoms with E-state index in [9.17, 15) is 14.4 Å². The van der Waals surface area contributed by atoms with Crippen LogP contribution in [0.15, 0.2) is 12.2 Å². The van der Waals surface area contributed by atoms with Crippen LogP contribution in [0.25, 0.3) is 0 Å². The van der Waals surface area contributed by atoms with Gasteiger partial charge < -0.3 is 14.2 Å². The van der Waals surface area contributed by atoms with Gasteiger partial charge in [0, 0.05) is 17.4 Å². The van der Waals surface area contributed by atoms with Gasteiger partial charge in [0.05, 0.1) is 5.92 Å². The van der Waals surface area contributed by atoms with Gasteiger partial charge in [-0.3, -0.25) is 4.79 Å². The van der Waals surface area contributed by atoms with Gasteiger partial charge in [0.2, 0.25) is 0 Å². The first-order valence-corrected chi connectivity index (χ1v) is 6.70. The SMILES string of the molecule is C=C(C)C(=O)OCC(=O)OC1C2CC3C(=O)OC1C3C2. The number of fused-ring (bicyclic) bond motifs is 1. The van der Waals surface area contributed by atoms with Gasteiger partial charge in [0.1, 0.15) is 12.2 Å². The van der Waals surface area contributed by atoms with Gasteiger partial charge >= 0.3 is 17.9 Å². The van der Waals surface area contributed by atoms with Crippen LogP contribution in [-0.4, -0.2) is 36.7 Å². The molecule has 108 valence electrons. The van der Waals surface area contributed by atoms with Crippen molar-refractivity contribution in [1.29, 1.82) is 0 Å². The van der Waals surface area contributed by atoms with Crippen molar-refractivity contribution in [3.05, 3.63) is 12.2 Å². The summed E-state index contributed by atoms with van der Waals surface area (Å²) in [6.07, 6.45) is 0.888. The van der Waals surface area contributed by atoms with Crippen LogP contribution in [0, 0.1) is 17.8 Å². The molecule has 2 saturated carbocycles. The quantitative estimate of drug-likeness (QED) is 0.426. The van der Waals surface area contributed by atoms with Crippen molar-refractivity contribution < 1.29 is 28.6 Å². The minimum absolute atomic E-state index is 0.0128. The molecule has 0 amide bonds. The van der Waals surface area contributed by atoms with Crippen LogP contribution < -0.4 is 0 Å². The summed E-state index contributed by atoms with van der Waals surface area (Å²) in [4.78, 5) is 34.4. The zero-order chi connectivity index (χ0) is 14.4. The second-order valence-corrected chi connectivity index (χ2v) is 5.71. The van der Waals surface area contributed by atoms with E-state index in [0.29, 0.717) is 0 Å². The summed E-state index contributed by atoms with van der Waals surface area (Å²) in [5, 5.41) is 0. The molecule has 1 heterocycles. The van der Waals surface area contributed by atoms with Gasteiger partial charge in [0.25, 0.3) is 0 Å². The molecule has 0 spiro atoms. The van der Waals surface area contributed by atoms with Crippen LogP contribution in [0.5, 0.6) is 0 Å². The highest BCUT2D eigenvalue weighted by Crippen LogP contribution is 2.55. The first-order valence-electron chi connectivity index (χ1n) is 6.70. The molecular weight excluding hydrogens is 264 g/mol.